The molecule has 1 aliphatic heterocycles. The lowest BCUT2D eigenvalue weighted by Crippen LogP contribution is -2.61. The first-order chi connectivity index (χ1) is 46.9. The molecular formula is C73H94Cl2N12O12. The minimum atomic E-state index is -1.53. The van der Waals surface area contributed by atoms with Crippen molar-refractivity contribution >= 4 is 94.1 Å². The molecule has 0 radical (unpaired) electrons. The fraction of sp³-hybridized carbons (Fsp3) is 0.452. The number of carbonyl (C=O) groups excluding carboxylic acids is 12. The fourth-order valence-corrected chi connectivity index (χ4v) is 12.1. The minimum Gasteiger partial charge on any atom is -0.342 e. The van der Waals surface area contributed by atoms with Gasteiger partial charge in [0.15, 0.2) is 0 Å². The molecule has 4 aromatic carbocycles. The van der Waals surface area contributed by atoms with E-state index in [0.29, 0.717) is 45.1 Å². The number of hydrogen-bond donors (Lipinski definition) is 3. The highest BCUT2D eigenvalue weighted by atomic mass is 35.5. The van der Waals surface area contributed by atoms with Crippen molar-refractivity contribution in [1.82, 2.24) is 59.7 Å². The van der Waals surface area contributed by atoms with Crippen molar-refractivity contribution in [2.24, 2.45) is 11.8 Å². The predicted octanol–water partition coefficient (Wildman–Crippen LogP) is 4.89. The maximum atomic E-state index is 15.7. The second kappa shape index (κ2) is 36.4. The van der Waals surface area contributed by atoms with Crippen LogP contribution in [-0.4, -0.2) is 239 Å². The molecule has 3 N–H and O–H groups in total. The van der Waals surface area contributed by atoms with Gasteiger partial charge in [-0.3, -0.25) is 62.1 Å². The van der Waals surface area contributed by atoms with Crippen molar-refractivity contribution in [1.29, 1.82) is 0 Å². The summed E-state index contributed by atoms with van der Waals surface area (Å²) in [7, 11) is 11.0. The third-order valence-electron chi connectivity index (χ3n) is 18.7. The van der Waals surface area contributed by atoms with Crippen LogP contribution in [0.15, 0.2) is 134 Å². The van der Waals surface area contributed by atoms with Gasteiger partial charge in [0.2, 0.25) is 65.0 Å². The number of benzene rings is 4. The molecule has 0 aliphatic carbocycles. The SMILES string of the molecule is CC[C@H](C)[C@@H]1NC(=O)[C@H](C)N(C)C(=O)C[C@@H](C(=O)n2cccc2)N(C)C(=O)[C@H]([C@@H](C)CC)N(C)C(=O)[C@H](Cc2ccccc2)N(C)C(=O)[C@H](Cc2ccccc2)NC(=O)[C@H](Cc2cccc(Cl)c2)NC(=O)CN(C)C(=O)[C@H](Cc2ccc(Cl)cc2)N(C)C(=O)CN(C)C(=O)CN(C)C1=O. The Morgan fingerprint density at radius 1 is 0.455 bits per heavy atom. The number of halogens is 2. The zero-order chi connectivity index (χ0) is 73.1. The van der Waals surface area contributed by atoms with Crippen molar-refractivity contribution < 1.29 is 57.5 Å². The second-order valence-electron chi connectivity index (χ2n) is 25.8. The van der Waals surface area contributed by atoms with E-state index in [9.17, 15) is 38.4 Å². The normalized spacial score (nSPS) is 22.8. The van der Waals surface area contributed by atoms with E-state index in [1.807, 2.05) is 6.92 Å². The summed E-state index contributed by atoms with van der Waals surface area (Å²) < 4.78 is 1.22. The summed E-state index contributed by atoms with van der Waals surface area (Å²) in [5.74, 6) is -9.83. The molecule has 1 saturated heterocycles. The molecule has 0 unspecified atom stereocenters. The van der Waals surface area contributed by atoms with Crippen molar-refractivity contribution in [3.05, 3.63) is 166 Å². The monoisotopic (exact) mass is 1400 g/mol. The summed E-state index contributed by atoms with van der Waals surface area (Å²) >= 11 is 12.7. The quantitative estimate of drug-likeness (QED) is 0.142. The average molecular weight is 1400 g/mol. The lowest BCUT2D eigenvalue weighted by Gasteiger charge is -2.40. The molecule has 10 atom stereocenters. The van der Waals surface area contributed by atoms with Gasteiger partial charge in [0.05, 0.1) is 26.1 Å². The Morgan fingerprint density at radius 2 is 0.980 bits per heavy atom. The minimum absolute atomic E-state index is 0.0773. The summed E-state index contributed by atoms with van der Waals surface area (Å²) in [6.45, 7) is 6.78. The Kier molecular flexibility index (Phi) is 28.9. The predicted molar refractivity (Wildman–Crippen MR) is 376 cm³/mol. The van der Waals surface area contributed by atoms with Gasteiger partial charge in [0, 0.05) is 105 Å². The molecule has 1 aromatic heterocycles. The van der Waals surface area contributed by atoms with E-state index in [2.05, 4.69) is 16.0 Å². The molecule has 5 aromatic rings. The maximum absolute atomic E-state index is 15.7. The Labute approximate surface area is 590 Å². The average Bonchev–Trinajstić information content (AvgIpc) is 1.47. The highest BCUT2D eigenvalue weighted by Gasteiger charge is 2.44. The Morgan fingerprint density at radius 3 is 1.56 bits per heavy atom. The highest BCUT2D eigenvalue weighted by molar-refractivity contribution is 6.31. The Balaban J connectivity index is 1.48. The molecule has 0 spiro atoms. The van der Waals surface area contributed by atoms with E-state index < -0.39 is 157 Å². The van der Waals surface area contributed by atoms with Crippen LogP contribution in [0, 0.1) is 11.8 Å². The van der Waals surface area contributed by atoms with Crippen molar-refractivity contribution in [3.8, 4) is 0 Å². The van der Waals surface area contributed by atoms with Gasteiger partial charge in [-0.25, -0.2) is 0 Å². The standard InChI is InChI=1S/C73H94Cl2N12O12/c1-14-46(3)64-72(98)81(8)44-62(90)79(6)45-63(91)83(10)57(41-51-31-33-53(74)34-32-51)69(95)80(7)43-60(88)76-55(39-52-29-24-30-54(75)37-52)67(93)77-56(38-49-25-18-16-19-26-49)68(94)84(11)58(40-50-27-20-17-21-28-50)70(96)86(13)65(47(4)15-2)73(99)85(12)59(71(97)87-35-22-23-36-87)42-61(89)82(9)48(5)66(92)78-64/h16-37,46-48,55-59,64-65H,14-15,38-45H2,1-13H3,(H,76,88)(H,77,93)(H,78,92)/t46-,47-,48-,55-,56-,57-,58-,59-,64-,65-/m0/s1. The van der Waals surface area contributed by atoms with Gasteiger partial charge in [-0.1, -0.05) is 149 Å². The van der Waals surface area contributed by atoms with Gasteiger partial charge >= 0.3 is 0 Å². The Bertz CT molecular complexity index is 3660. The lowest BCUT2D eigenvalue weighted by atomic mass is 9.94. The summed E-state index contributed by atoms with van der Waals surface area (Å²) in [5.41, 5.74) is 2.35. The van der Waals surface area contributed by atoms with E-state index >= 15 is 19.2 Å². The molecule has 1 fully saturated rings. The summed E-state index contributed by atoms with van der Waals surface area (Å²) in [4.78, 5) is 187. The zero-order valence-corrected chi connectivity index (χ0v) is 60.2. The number of aromatic nitrogens is 1. The van der Waals surface area contributed by atoms with Gasteiger partial charge in [-0.15, -0.1) is 0 Å². The third-order valence-corrected chi connectivity index (χ3v) is 19.2. The van der Waals surface area contributed by atoms with E-state index in [1.54, 1.807) is 142 Å². The van der Waals surface area contributed by atoms with E-state index in [1.165, 1.54) is 90.1 Å². The molecule has 532 valence electrons. The lowest BCUT2D eigenvalue weighted by molar-refractivity contribution is -0.153. The summed E-state index contributed by atoms with van der Waals surface area (Å²) in [5, 5.41) is 9.19. The zero-order valence-electron chi connectivity index (χ0n) is 58.7. The topological polar surface area (TPSA) is 272 Å². The van der Waals surface area contributed by atoms with Crippen LogP contribution in [0.5, 0.6) is 0 Å². The molecule has 6 rings (SSSR count). The molecule has 2 heterocycles. The number of amides is 11. The van der Waals surface area contributed by atoms with E-state index in [0.717, 1.165) is 29.4 Å². The van der Waals surface area contributed by atoms with Crippen LogP contribution in [0.4, 0.5) is 0 Å². The number of carbonyl (C=O) groups is 12. The van der Waals surface area contributed by atoms with Crippen LogP contribution in [0.3, 0.4) is 0 Å². The van der Waals surface area contributed by atoms with Gasteiger partial charge in [0.1, 0.15) is 48.3 Å². The van der Waals surface area contributed by atoms with Gasteiger partial charge in [-0.05, 0) is 77.4 Å². The van der Waals surface area contributed by atoms with Crippen LogP contribution >= 0.6 is 23.2 Å². The molecule has 26 heteroatoms. The van der Waals surface area contributed by atoms with Crippen molar-refractivity contribution in [2.75, 3.05) is 76.0 Å². The van der Waals surface area contributed by atoms with Crippen LogP contribution in [0.1, 0.15) is 80.9 Å². The molecule has 1 aliphatic rings. The number of nitrogens with one attached hydrogen (secondary N) is 3. The Hall–Kier alpha value is -9.42. The van der Waals surface area contributed by atoms with Crippen molar-refractivity contribution in [3.63, 3.8) is 0 Å². The van der Waals surface area contributed by atoms with Gasteiger partial charge in [-0.2, -0.15) is 0 Å². The van der Waals surface area contributed by atoms with Gasteiger partial charge < -0.3 is 55.1 Å². The second-order valence-corrected chi connectivity index (χ2v) is 26.7. The van der Waals surface area contributed by atoms with Crippen LogP contribution in [0.25, 0.3) is 0 Å². The number of nitrogens with zero attached hydrogens (tertiary/aromatic N) is 9. The molecule has 11 amide bonds. The molecule has 0 bridgehead atoms. The van der Waals surface area contributed by atoms with E-state index in [4.69, 9.17) is 23.2 Å². The van der Waals surface area contributed by atoms with Crippen LogP contribution in [-0.2, 0) is 78.4 Å². The third kappa shape index (κ3) is 21.1. The molecular weight excluding hydrogens is 1310 g/mol. The van der Waals surface area contributed by atoms with Crippen LogP contribution < -0.4 is 16.0 Å². The van der Waals surface area contributed by atoms with Crippen molar-refractivity contribution in [2.45, 2.75) is 128 Å². The maximum Gasteiger partial charge on any atom is 0.253 e. The smallest absolute Gasteiger partial charge is 0.253 e. The summed E-state index contributed by atoms with van der Waals surface area (Å²) in [6.07, 6.45) is 2.55. The van der Waals surface area contributed by atoms with Crippen LogP contribution in [0.2, 0.25) is 10.0 Å². The fourth-order valence-electron chi connectivity index (χ4n) is 11.7. The first-order valence-electron chi connectivity index (χ1n) is 33.1. The largest absolute Gasteiger partial charge is 0.342 e. The van der Waals surface area contributed by atoms with Gasteiger partial charge in [0.25, 0.3) is 5.91 Å². The molecule has 99 heavy (non-hydrogen) atoms. The number of rotatable bonds is 13. The summed E-state index contributed by atoms with van der Waals surface area (Å²) in [6, 6.07) is 23.2. The number of likely N-dealkylation sites (N-methyl/N-ethyl adjacent to an activating group) is 8. The highest BCUT2D eigenvalue weighted by Crippen LogP contribution is 2.25. The molecule has 0 saturated carbocycles. The van der Waals surface area contributed by atoms with E-state index in [-0.39, 0.29) is 25.7 Å². The first-order valence-corrected chi connectivity index (χ1v) is 33.8. The first kappa shape index (κ1) is 78.6. The molecule has 24 nitrogen and oxygen atoms in total. The number of hydrogen-bond acceptors (Lipinski definition) is 12.